The Bertz CT molecular complexity index is 511. The van der Waals surface area contributed by atoms with E-state index in [1.165, 1.54) is 0 Å². The Morgan fingerprint density at radius 2 is 2.05 bits per heavy atom. The van der Waals surface area contributed by atoms with Crippen molar-refractivity contribution in [2.45, 2.75) is 43.8 Å². The molecule has 5 nitrogen and oxygen atoms in total. The van der Waals surface area contributed by atoms with Gasteiger partial charge in [0, 0.05) is 31.2 Å². The molecule has 3 aliphatic rings. The average molecular weight is 305 g/mol. The highest BCUT2D eigenvalue weighted by Gasteiger charge is 2.46. The molecular formula is C17H23NO4. The van der Waals surface area contributed by atoms with E-state index in [2.05, 4.69) is 5.32 Å². The van der Waals surface area contributed by atoms with Crippen molar-refractivity contribution < 1.29 is 18.7 Å². The third-order valence-corrected chi connectivity index (χ3v) is 5.28. The second-order valence-corrected chi connectivity index (χ2v) is 6.76. The van der Waals surface area contributed by atoms with Gasteiger partial charge in [0.1, 0.15) is 5.76 Å². The van der Waals surface area contributed by atoms with Crippen molar-refractivity contribution >= 4 is 5.91 Å². The van der Waals surface area contributed by atoms with Crippen molar-refractivity contribution in [2.24, 2.45) is 11.8 Å². The number of amides is 1. The summed E-state index contributed by atoms with van der Waals surface area (Å²) in [5, 5.41) is 3.12. The number of rotatable bonds is 4. The summed E-state index contributed by atoms with van der Waals surface area (Å²) in [6.45, 7) is 2.21. The van der Waals surface area contributed by atoms with Crippen molar-refractivity contribution in [1.82, 2.24) is 5.32 Å². The summed E-state index contributed by atoms with van der Waals surface area (Å²) in [5.41, 5.74) is 0. The summed E-state index contributed by atoms with van der Waals surface area (Å²) in [5.74, 6) is 1.74. The molecule has 120 valence electrons. The fourth-order valence-electron chi connectivity index (χ4n) is 3.78. The minimum Gasteiger partial charge on any atom is -0.469 e. The Morgan fingerprint density at radius 1 is 1.27 bits per heavy atom. The molecule has 1 spiro atoms. The van der Waals surface area contributed by atoms with Crippen LogP contribution in [0.4, 0.5) is 0 Å². The quantitative estimate of drug-likeness (QED) is 0.928. The number of ether oxygens (including phenoxy) is 2. The number of nitrogens with one attached hydrogen (secondary N) is 1. The Morgan fingerprint density at radius 3 is 2.73 bits per heavy atom. The second-order valence-electron chi connectivity index (χ2n) is 6.76. The molecule has 0 bridgehead atoms. The van der Waals surface area contributed by atoms with Gasteiger partial charge in [0.25, 0.3) is 0 Å². The van der Waals surface area contributed by atoms with Crippen LogP contribution in [-0.4, -0.2) is 31.5 Å². The fourth-order valence-corrected chi connectivity index (χ4v) is 3.78. The first-order valence-electron chi connectivity index (χ1n) is 8.35. The first kappa shape index (κ1) is 14.3. The number of carbonyl (C=O) groups is 1. The Balaban J connectivity index is 1.20. The third-order valence-electron chi connectivity index (χ3n) is 5.28. The van der Waals surface area contributed by atoms with E-state index in [1.807, 2.05) is 12.1 Å². The van der Waals surface area contributed by atoms with Gasteiger partial charge in [0.05, 0.1) is 19.5 Å². The molecule has 2 saturated carbocycles. The molecule has 2 heterocycles. The van der Waals surface area contributed by atoms with E-state index < -0.39 is 0 Å². The summed E-state index contributed by atoms with van der Waals surface area (Å²) in [7, 11) is 0. The van der Waals surface area contributed by atoms with Crippen molar-refractivity contribution in [1.29, 1.82) is 0 Å². The Kier molecular flexibility index (Phi) is 3.70. The SMILES string of the molecule is O=C(NCC1CCC2(CC1)OCCO2)C1CC1c1ccco1. The molecule has 2 atom stereocenters. The maximum Gasteiger partial charge on any atom is 0.223 e. The maximum atomic E-state index is 12.2. The van der Waals surface area contributed by atoms with Gasteiger partial charge in [-0.25, -0.2) is 0 Å². The molecule has 2 unspecified atom stereocenters. The Hall–Kier alpha value is -1.33. The second kappa shape index (κ2) is 5.70. The molecule has 1 aromatic heterocycles. The minimum atomic E-state index is -0.304. The molecule has 1 saturated heterocycles. The fraction of sp³-hybridized carbons (Fsp3) is 0.706. The molecule has 5 heteroatoms. The molecule has 22 heavy (non-hydrogen) atoms. The number of furan rings is 1. The van der Waals surface area contributed by atoms with E-state index in [1.54, 1.807) is 6.26 Å². The molecular weight excluding hydrogens is 282 g/mol. The summed E-state index contributed by atoms with van der Waals surface area (Å²) in [6.07, 6.45) is 6.61. The van der Waals surface area contributed by atoms with Gasteiger partial charge in [-0.2, -0.15) is 0 Å². The first-order chi connectivity index (χ1) is 10.8. The summed E-state index contributed by atoms with van der Waals surface area (Å²) >= 11 is 0. The zero-order valence-electron chi connectivity index (χ0n) is 12.8. The van der Waals surface area contributed by atoms with Gasteiger partial charge in [-0.15, -0.1) is 0 Å². The van der Waals surface area contributed by atoms with E-state index >= 15 is 0 Å². The van der Waals surface area contributed by atoms with Crippen LogP contribution in [0.2, 0.25) is 0 Å². The van der Waals surface area contributed by atoms with Crippen molar-refractivity contribution in [3.05, 3.63) is 24.2 Å². The standard InChI is InChI=1S/C17H23NO4/c19-16(14-10-13(14)15-2-1-7-20-15)18-11-12-3-5-17(6-4-12)21-8-9-22-17/h1-2,7,12-14H,3-6,8-11H2,(H,18,19). The largest absolute Gasteiger partial charge is 0.469 e. The third kappa shape index (κ3) is 2.79. The first-order valence-corrected chi connectivity index (χ1v) is 8.35. The van der Waals surface area contributed by atoms with E-state index in [4.69, 9.17) is 13.9 Å². The summed E-state index contributed by atoms with van der Waals surface area (Å²) in [4.78, 5) is 12.2. The van der Waals surface area contributed by atoms with Crippen molar-refractivity contribution in [3.8, 4) is 0 Å². The van der Waals surface area contributed by atoms with Crippen LogP contribution < -0.4 is 5.32 Å². The molecule has 0 aromatic carbocycles. The van der Waals surface area contributed by atoms with Gasteiger partial charge in [-0.3, -0.25) is 4.79 Å². The molecule has 1 amide bonds. The smallest absolute Gasteiger partial charge is 0.223 e. The van der Waals surface area contributed by atoms with Gasteiger partial charge in [-0.05, 0) is 37.3 Å². The van der Waals surface area contributed by atoms with Crippen molar-refractivity contribution in [3.63, 3.8) is 0 Å². The summed E-state index contributed by atoms with van der Waals surface area (Å²) in [6, 6.07) is 3.84. The zero-order chi connectivity index (χ0) is 15.0. The lowest BCUT2D eigenvalue weighted by Gasteiger charge is -2.35. The molecule has 1 aromatic rings. The van der Waals surface area contributed by atoms with E-state index in [9.17, 15) is 4.79 Å². The lowest BCUT2D eigenvalue weighted by molar-refractivity contribution is -0.182. The lowest BCUT2D eigenvalue weighted by Crippen LogP contribution is -2.39. The summed E-state index contributed by atoms with van der Waals surface area (Å²) < 4.78 is 16.9. The van der Waals surface area contributed by atoms with Crippen LogP contribution >= 0.6 is 0 Å². The average Bonchev–Trinajstić information content (AvgIpc) is 2.96. The highest BCUT2D eigenvalue weighted by Crippen LogP contribution is 2.47. The van der Waals surface area contributed by atoms with Crippen LogP contribution in [0.15, 0.2) is 22.8 Å². The van der Waals surface area contributed by atoms with Crippen LogP contribution in [0.5, 0.6) is 0 Å². The predicted octanol–water partition coefficient (Wildman–Crippen LogP) is 2.43. The van der Waals surface area contributed by atoms with Crippen LogP contribution in [0, 0.1) is 11.8 Å². The van der Waals surface area contributed by atoms with Crippen LogP contribution in [0.3, 0.4) is 0 Å². The highest BCUT2D eigenvalue weighted by atomic mass is 16.7. The highest BCUT2D eigenvalue weighted by molar-refractivity contribution is 5.82. The molecule has 3 fully saturated rings. The monoisotopic (exact) mass is 305 g/mol. The predicted molar refractivity (Wildman–Crippen MR) is 79.2 cm³/mol. The van der Waals surface area contributed by atoms with Gasteiger partial charge < -0.3 is 19.2 Å². The minimum absolute atomic E-state index is 0.0996. The topological polar surface area (TPSA) is 60.7 Å². The molecule has 1 aliphatic heterocycles. The maximum absolute atomic E-state index is 12.2. The van der Waals surface area contributed by atoms with Crippen LogP contribution in [-0.2, 0) is 14.3 Å². The lowest BCUT2D eigenvalue weighted by atomic mass is 9.85. The Labute approximate surface area is 130 Å². The molecule has 0 radical (unpaired) electrons. The van der Waals surface area contributed by atoms with E-state index in [-0.39, 0.29) is 23.5 Å². The van der Waals surface area contributed by atoms with Gasteiger partial charge in [0.15, 0.2) is 5.79 Å². The normalized spacial score (nSPS) is 30.5. The number of carbonyl (C=O) groups excluding carboxylic acids is 1. The number of hydrogen-bond acceptors (Lipinski definition) is 4. The van der Waals surface area contributed by atoms with E-state index in [0.29, 0.717) is 5.92 Å². The van der Waals surface area contributed by atoms with E-state index in [0.717, 1.165) is 57.6 Å². The van der Waals surface area contributed by atoms with Crippen LogP contribution in [0.1, 0.15) is 43.8 Å². The molecule has 2 aliphatic carbocycles. The van der Waals surface area contributed by atoms with Crippen molar-refractivity contribution in [2.75, 3.05) is 19.8 Å². The van der Waals surface area contributed by atoms with Gasteiger partial charge >= 0.3 is 0 Å². The van der Waals surface area contributed by atoms with Crippen LogP contribution in [0.25, 0.3) is 0 Å². The number of hydrogen-bond donors (Lipinski definition) is 1. The van der Waals surface area contributed by atoms with Gasteiger partial charge in [-0.1, -0.05) is 0 Å². The zero-order valence-corrected chi connectivity index (χ0v) is 12.8. The van der Waals surface area contributed by atoms with Gasteiger partial charge in [0.2, 0.25) is 5.91 Å². The molecule has 4 rings (SSSR count). The molecule has 1 N–H and O–H groups in total.